The second-order valence-electron chi connectivity index (χ2n) is 5.48. The number of benzene rings is 2. The molecule has 110 valence electrons. The van der Waals surface area contributed by atoms with Crippen LogP contribution in [0.15, 0.2) is 53.4 Å². The number of fused-ring (bicyclic) bond motifs is 1. The van der Waals surface area contributed by atoms with Crippen LogP contribution >= 0.6 is 0 Å². The number of nitrogens with two attached hydrogens (primary N) is 1. The van der Waals surface area contributed by atoms with E-state index in [4.69, 9.17) is 5.73 Å². The summed E-state index contributed by atoms with van der Waals surface area (Å²) >= 11 is 0. The van der Waals surface area contributed by atoms with Gasteiger partial charge in [0.1, 0.15) is 0 Å². The molecule has 1 aliphatic carbocycles. The molecule has 0 bridgehead atoms. The molecule has 3 N–H and O–H groups in total. The fraction of sp³-hybridized carbons (Fsp3) is 0.250. The van der Waals surface area contributed by atoms with Crippen molar-refractivity contribution in [3.63, 3.8) is 0 Å². The van der Waals surface area contributed by atoms with Crippen molar-refractivity contribution in [2.24, 2.45) is 5.73 Å². The summed E-state index contributed by atoms with van der Waals surface area (Å²) in [5.41, 5.74) is 9.22. The van der Waals surface area contributed by atoms with Crippen LogP contribution in [0.4, 0.5) is 0 Å². The van der Waals surface area contributed by atoms with Gasteiger partial charge in [-0.05, 0) is 36.6 Å². The monoisotopic (exact) mass is 302 g/mol. The van der Waals surface area contributed by atoms with Gasteiger partial charge < -0.3 is 5.73 Å². The lowest BCUT2D eigenvalue weighted by Gasteiger charge is -2.18. The molecule has 0 amide bonds. The Kier molecular flexibility index (Phi) is 3.57. The molecule has 0 saturated carbocycles. The lowest BCUT2D eigenvalue weighted by molar-refractivity contribution is 0.518. The predicted molar refractivity (Wildman–Crippen MR) is 82.4 cm³/mol. The van der Waals surface area contributed by atoms with Crippen LogP contribution in [0.3, 0.4) is 0 Å². The van der Waals surface area contributed by atoms with E-state index < -0.39 is 10.0 Å². The number of nitrogens with one attached hydrogen (secondary N) is 1. The van der Waals surface area contributed by atoms with Gasteiger partial charge in [0.15, 0.2) is 0 Å². The highest BCUT2D eigenvalue weighted by molar-refractivity contribution is 7.89. The minimum Gasteiger partial charge on any atom is -0.326 e. The Morgan fingerprint density at radius 3 is 2.48 bits per heavy atom. The maximum atomic E-state index is 12.5. The molecule has 3 rings (SSSR count). The zero-order chi connectivity index (χ0) is 15.0. The van der Waals surface area contributed by atoms with Crippen LogP contribution < -0.4 is 10.5 Å². The van der Waals surface area contributed by atoms with Gasteiger partial charge in [-0.25, -0.2) is 13.1 Å². The quantitative estimate of drug-likeness (QED) is 0.909. The third-order valence-corrected chi connectivity index (χ3v) is 5.34. The van der Waals surface area contributed by atoms with Gasteiger partial charge in [0.2, 0.25) is 10.0 Å². The largest absolute Gasteiger partial charge is 0.326 e. The smallest absolute Gasteiger partial charge is 0.241 e. The molecule has 0 radical (unpaired) electrons. The zero-order valence-electron chi connectivity index (χ0n) is 11.8. The molecule has 4 nitrogen and oxygen atoms in total. The first-order chi connectivity index (χ1) is 9.97. The van der Waals surface area contributed by atoms with Crippen LogP contribution in [0, 0.1) is 6.92 Å². The minimum absolute atomic E-state index is 0.234. The van der Waals surface area contributed by atoms with Crippen LogP contribution in [-0.4, -0.2) is 14.5 Å². The Morgan fingerprint density at radius 1 is 1.10 bits per heavy atom. The summed E-state index contributed by atoms with van der Waals surface area (Å²) in [7, 11) is -3.57. The third kappa shape index (κ3) is 2.72. The van der Waals surface area contributed by atoms with E-state index in [-0.39, 0.29) is 17.0 Å². The fourth-order valence-corrected chi connectivity index (χ4v) is 4.00. The van der Waals surface area contributed by atoms with Gasteiger partial charge >= 0.3 is 0 Å². The average molecular weight is 302 g/mol. The van der Waals surface area contributed by atoms with Crippen molar-refractivity contribution in [2.75, 3.05) is 0 Å². The summed E-state index contributed by atoms with van der Waals surface area (Å²) in [5, 5.41) is 0. The molecular weight excluding hydrogens is 284 g/mol. The van der Waals surface area contributed by atoms with Gasteiger partial charge in [-0.3, -0.25) is 0 Å². The highest BCUT2D eigenvalue weighted by atomic mass is 32.2. The molecule has 21 heavy (non-hydrogen) atoms. The van der Waals surface area contributed by atoms with Crippen molar-refractivity contribution >= 4 is 10.0 Å². The average Bonchev–Trinajstić information content (AvgIpc) is 2.75. The van der Waals surface area contributed by atoms with E-state index in [1.807, 2.05) is 31.2 Å². The molecule has 2 unspecified atom stereocenters. The fourth-order valence-electron chi connectivity index (χ4n) is 2.73. The topological polar surface area (TPSA) is 72.2 Å². The van der Waals surface area contributed by atoms with Crippen LogP contribution in [0.25, 0.3) is 0 Å². The van der Waals surface area contributed by atoms with E-state index in [2.05, 4.69) is 4.72 Å². The number of rotatable bonds is 3. The van der Waals surface area contributed by atoms with Crippen molar-refractivity contribution < 1.29 is 8.42 Å². The van der Waals surface area contributed by atoms with Crippen LogP contribution in [0.5, 0.6) is 0 Å². The van der Waals surface area contributed by atoms with E-state index in [1.54, 1.807) is 24.3 Å². The lowest BCUT2D eigenvalue weighted by Crippen LogP contribution is -2.38. The van der Waals surface area contributed by atoms with Crippen LogP contribution in [-0.2, 0) is 16.4 Å². The summed E-state index contributed by atoms with van der Waals surface area (Å²) < 4.78 is 27.7. The van der Waals surface area contributed by atoms with Crippen LogP contribution in [0.2, 0.25) is 0 Å². The Morgan fingerprint density at radius 2 is 1.76 bits per heavy atom. The number of sulfonamides is 1. The summed E-state index contributed by atoms with van der Waals surface area (Å²) in [6, 6.07) is 14.0. The van der Waals surface area contributed by atoms with Gasteiger partial charge in [0.25, 0.3) is 0 Å². The van der Waals surface area contributed by atoms with E-state index in [1.165, 1.54) is 0 Å². The summed E-state index contributed by atoms with van der Waals surface area (Å²) in [4.78, 5) is 0.268. The van der Waals surface area contributed by atoms with E-state index in [0.717, 1.165) is 16.7 Å². The predicted octanol–water partition coefficient (Wildman–Crippen LogP) is 1.90. The Bertz CT molecular complexity index is 754. The van der Waals surface area contributed by atoms with E-state index in [0.29, 0.717) is 6.42 Å². The van der Waals surface area contributed by atoms with Gasteiger partial charge in [0.05, 0.1) is 10.9 Å². The number of hydrogen-bond acceptors (Lipinski definition) is 3. The molecule has 0 aromatic heterocycles. The highest BCUT2D eigenvalue weighted by Gasteiger charge is 2.33. The Hall–Kier alpha value is -1.69. The second kappa shape index (κ2) is 5.26. The molecule has 0 spiro atoms. The molecule has 2 aromatic rings. The zero-order valence-corrected chi connectivity index (χ0v) is 12.6. The molecule has 0 aliphatic heterocycles. The van der Waals surface area contributed by atoms with E-state index >= 15 is 0 Å². The first-order valence-electron chi connectivity index (χ1n) is 6.90. The standard InChI is InChI=1S/C16H18N2O2S/c1-11-6-8-13(9-7-11)21(19,20)18-16-14-5-3-2-4-12(14)10-15(16)17/h2-9,15-16,18H,10,17H2,1H3. The van der Waals surface area contributed by atoms with Gasteiger partial charge in [-0.1, -0.05) is 42.0 Å². The van der Waals surface area contributed by atoms with Crippen molar-refractivity contribution in [1.82, 2.24) is 4.72 Å². The summed E-state index contributed by atoms with van der Waals surface area (Å²) in [5.74, 6) is 0. The molecule has 0 saturated heterocycles. The maximum Gasteiger partial charge on any atom is 0.241 e. The normalized spacial score (nSPS) is 21.2. The van der Waals surface area contributed by atoms with Crippen molar-refractivity contribution in [2.45, 2.75) is 30.3 Å². The minimum atomic E-state index is -3.57. The highest BCUT2D eigenvalue weighted by Crippen LogP contribution is 2.31. The molecule has 0 heterocycles. The van der Waals surface area contributed by atoms with Crippen molar-refractivity contribution in [1.29, 1.82) is 0 Å². The molecule has 5 heteroatoms. The van der Waals surface area contributed by atoms with Gasteiger partial charge in [0, 0.05) is 6.04 Å². The lowest BCUT2D eigenvalue weighted by atomic mass is 10.1. The van der Waals surface area contributed by atoms with Crippen molar-refractivity contribution in [3.8, 4) is 0 Å². The molecule has 2 aromatic carbocycles. The van der Waals surface area contributed by atoms with Gasteiger partial charge in [-0.2, -0.15) is 0 Å². The Balaban J connectivity index is 1.91. The first kappa shape index (κ1) is 14.3. The number of aryl methyl sites for hydroxylation is 1. The third-order valence-electron chi connectivity index (χ3n) is 3.89. The summed E-state index contributed by atoms with van der Waals surface area (Å²) in [6.45, 7) is 1.92. The van der Waals surface area contributed by atoms with Gasteiger partial charge in [-0.15, -0.1) is 0 Å². The Labute approximate surface area is 125 Å². The maximum absolute atomic E-state index is 12.5. The molecule has 1 aliphatic rings. The molecule has 0 fully saturated rings. The SMILES string of the molecule is Cc1ccc(S(=O)(=O)NC2c3ccccc3CC2N)cc1. The summed E-state index contributed by atoms with van der Waals surface area (Å²) in [6.07, 6.45) is 0.692. The number of hydrogen-bond donors (Lipinski definition) is 2. The van der Waals surface area contributed by atoms with Crippen LogP contribution in [0.1, 0.15) is 22.7 Å². The van der Waals surface area contributed by atoms with E-state index in [9.17, 15) is 8.42 Å². The molecular formula is C16H18N2O2S. The second-order valence-corrected chi connectivity index (χ2v) is 7.19. The van der Waals surface area contributed by atoms with Crippen molar-refractivity contribution in [3.05, 3.63) is 65.2 Å². The first-order valence-corrected chi connectivity index (χ1v) is 8.38. The molecule has 2 atom stereocenters.